The van der Waals surface area contributed by atoms with Gasteiger partial charge in [0, 0.05) is 33.6 Å². The number of hydrogen-bond donors (Lipinski definition) is 0. The molecule has 1 aromatic rings. The van der Waals surface area contributed by atoms with Gasteiger partial charge in [0.15, 0.2) is 0 Å². The largest absolute Gasteiger partial charge is 0.873 e. The standard InChI is InChI=1S/C12H16O2.2Co/c13-11-7-6-10(8-12(11)14)9-4-2-1-3-5-9;;/h6-9,13-14H,1-5H2;;/p-2. The first kappa shape index (κ1) is 15.8. The molecule has 1 fully saturated rings. The molecule has 0 bridgehead atoms. The third kappa shape index (κ3) is 3.69. The van der Waals surface area contributed by atoms with Crippen LogP contribution in [0.3, 0.4) is 0 Å². The molecule has 0 saturated heterocycles. The van der Waals surface area contributed by atoms with Crippen LogP contribution in [-0.2, 0) is 33.6 Å². The average molecular weight is 308 g/mol. The van der Waals surface area contributed by atoms with Crippen LogP contribution in [0.4, 0.5) is 0 Å². The van der Waals surface area contributed by atoms with Gasteiger partial charge in [-0.3, -0.25) is 0 Å². The smallest absolute Gasteiger partial charge is 0 e. The summed E-state index contributed by atoms with van der Waals surface area (Å²) >= 11 is 0. The summed E-state index contributed by atoms with van der Waals surface area (Å²) < 4.78 is 0. The van der Waals surface area contributed by atoms with Crippen LogP contribution in [0.2, 0.25) is 0 Å². The molecule has 94 valence electrons. The topological polar surface area (TPSA) is 46.1 Å². The van der Waals surface area contributed by atoms with E-state index in [0.717, 1.165) is 18.4 Å². The zero-order valence-corrected chi connectivity index (χ0v) is 10.9. The molecule has 0 spiro atoms. The Morgan fingerprint density at radius 3 is 2.06 bits per heavy atom. The fraction of sp³-hybridized carbons (Fsp3) is 0.500. The first-order valence-electron chi connectivity index (χ1n) is 5.25. The minimum atomic E-state index is -0.385. The Bertz CT molecular complexity index is 323. The summed E-state index contributed by atoms with van der Waals surface area (Å²) in [6.07, 6.45) is 6.13. The Morgan fingerprint density at radius 1 is 0.875 bits per heavy atom. The second-order valence-electron chi connectivity index (χ2n) is 4.04. The maximum absolute atomic E-state index is 11.2. The van der Waals surface area contributed by atoms with Crippen LogP contribution >= 0.6 is 0 Å². The third-order valence-corrected chi connectivity index (χ3v) is 3.04. The van der Waals surface area contributed by atoms with Crippen LogP contribution in [0.25, 0.3) is 0 Å². The summed E-state index contributed by atoms with van der Waals surface area (Å²) in [5.41, 5.74) is 1.06. The van der Waals surface area contributed by atoms with Gasteiger partial charge < -0.3 is 10.2 Å². The van der Waals surface area contributed by atoms with Crippen molar-refractivity contribution in [1.29, 1.82) is 0 Å². The Balaban J connectivity index is 0.00000112. The first-order valence-corrected chi connectivity index (χ1v) is 5.25. The van der Waals surface area contributed by atoms with Crippen molar-refractivity contribution in [2.75, 3.05) is 0 Å². The van der Waals surface area contributed by atoms with Crippen LogP contribution in [0.15, 0.2) is 18.2 Å². The number of hydrogen-bond acceptors (Lipinski definition) is 2. The average Bonchev–Trinajstić information content (AvgIpc) is 2.23. The van der Waals surface area contributed by atoms with E-state index in [-0.39, 0.29) is 45.1 Å². The van der Waals surface area contributed by atoms with E-state index in [2.05, 4.69) is 0 Å². The van der Waals surface area contributed by atoms with Gasteiger partial charge in [0.2, 0.25) is 0 Å². The van der Waals surface area contributed by atoms with Crippen LogP contribution in [-0.4, -0.2) is 0 Å². The van der Waals surface area contributed by atoms with Crippen molar-refractivity contribution in [3.05, 3.63) is 23.8 Å². The Morgan fingerprint density at radius 2 is 1.50 bits per heavy atom. The Labute approximate surface area is 117 Å². The molecule has 0 aromatic heterocycles. The van der Waals surface area contributed by atoms with Gasteiger partial charge >= 0.3 is 0 Å². The molecule has 1 aromatic carbocycles. The van der Waals surface area contributed by atoms with Gasteiger partial charge in [-0.05, 0) is 24.3 Å². The second kappa shape index (κ2) is 7.22. The van der Waals surface area contributed by atoms with Gasteiger partial charge in [-0.15, -0.1) is 11.5 Å². The molecular weight excluding hydrogens is 294 g/mol. The molecule has 0 atom stereocenters. The quantitative estimate of drug-likeness (QED) is 0.795. The number of rotatable bonds is 1. The summed E-state index contributed by atoms with van der Waals surface area (Å²) in [5.74, 6) is -0.227. The van der Waals surface area contributed by atoms with Gasteiger partial charge in [-0.1, -0.05) is 37.5 Å². The van der Waals surface area contributed by atoms with Gasteiger partial charge in [-0.25, -0.2) is 0 Å². The molecule has 0 heterocycles. The molecule has 0 aliphatic heterocycles. The molecule has 2 rings (SSSR count). The van der Waals surface area contributed by atoms with E-state index in [4.69, 9.17) is 0 Å². The summed E-state index contributed by atoms with van der Waals surface area (Å²) in [4.78, 5) is 0. The molecule has 1 aliphatic rings. The van der Waals surface area contributed by atoms with Crippen molar-refractivity contribution in [3.63, 3.8) is 0 Å². The summed E-state index contributed by atoms with van der Waals surface area (Å²) in [7, 11) is 0. The van der Waals surface area contributed by atoms with Gasteiger partial charge in [0.25, 0.3) is 0 Å². The van der Waals surface area contributed by atoms with Gasteiger partial charge in [0.05, 0.1) is 0 Å². The fourth-order valence-corrected chi connectivity index (χ4v) is 2.21. The molecule has 16 heavy (non-hydrogen) atoms. The fourth-order valence-electron chi connectivity index (χ4n) is 2.21. The van der Waals surface area contributed by atoms with Crippen molar-refractivity contribution >= 4 is 0 Å². The molecule has 2 nitrogen and oxygen atoms in total. The monoisotopic (exact) mass is 308 g/mol. The third-order valence-electron chi connectivity index (χ3n) is 3.04. The van der Waals surface area contributed by atoms with E-state index in [9.17, 15) is 10.2 Å². The Hall–Kier alpha value is -0.167. The first-order chi connectivity index (χ1) is 6.77. The zero-order valence-electron chi connectivity index (χ0n) is 8.83. The Kier molecular flexibility index (Phi) is 7.14. The van der Waals surface area contributed by atoms with E-state index in [1.807, 2.05) is 6.07 Å². The van der Waals surface area contributed by atoms with Crippen LogP contribution in [0, 0.1) is 0 Å². The van der Waals surface area contributed by atoms with E-state index < -0.39 is 0 Å². The van der Waals surface area contributed by atoms with E-state index in [1.54, 1.807) is 0 Å². The molecule has 0 unspecified atom stereocenters. The van der Waals surface area contributed by atoms with Gasteiger partial charge in [-0.2, -0.15) is 0 Å². The predicted octanol–water partition coefficient (Wildman–Crippen LogP) is 1.88. The van der Waals surface area contributed by atoms with Crippen molar-refractivity contribution in [3.8, 4) is 11.5 Å². The van der Waals surface area contributed by atoms with Crippen molar-refractivity contribution in [2.24, 2.45) is 0 Å². The van der Waals surface area contributed by atoms with Crippen molar-refractivity contribution in [1.82, 2.24) is 0 Å². The van der Waals surface area contributed by atoms with E-state index >= 15 is 0 Å². The molecule has 0 N–H and O–H groups in total. The van der Waals surface area contributed by atoms with Crippen LogP contribution < -0.4 is 10.2 Å². The maximum Gasteiger partial charge on any atom is 0 e. The SMILES string of the molecule is [Co].[Co].[O-]c1ccc(C2CCCCC2)cc1[O-]. The molecule has 0 amide bonds. The van der Waals surface area contributed by atoms with Crippen molar-refractivity contribution in [2.45, 2.75) is 38.0 Å². The molecule has 1 aliphatic carbocycles. The van der Waals surface area contributed by atoms with Gasteiger partial charge in [0.1, 0.15) is 0 Å². The van der Waals surface area contributed by atoms with Crippen molar-refractivity contribution < 1.29 is 43.8 Å². The second-order valence-corrected chi connectivity index (χ2v) is 4.04. The summed E-state index contributed by atoms with van der Waals surface area (Å²) in [5, 5.41) is 22.1. The zero-order chi connectivity index (χ0) is 9.97. The van der Waals surface area contributed by atoms with E-state index in [0.29, 0.717) is 5.92 Å². The minimum Gasteiger partial charge on any atom is -0.873 e. The maximum atomic E-state index is 11.2. The molecule has 4 heteroatoms. The number of benzene rings is 1. The normalized spacial score (nSPS) is 16.0. The summed E-state index contributed by atoms with van der Waals surface area (Å²) in [6, 6.07) is 4.75. The minimum absolute atomic E-state index is 0. The molecule has 1 saturated carbocycles. The molecule has 2 radical (unpaired) electrons. The summed E-state index contributed by atoms with van der Waals surface area (Å²) in [6.45, 7) is 0. The van der Waals surface area contributed by atoms with Crippen LogP contribution in [0.1, 0.15) is 43.6 Å². The van der Waals surface area contributed by atoms with E-state index in [1.165, 1.54) is 31.4 Å². The predicted molar refractivity (Wildman–Crippen MR) is 51.2 cm³/mol. The van der Waals surface area contributed by atoms with Crippen LogP contribution in [0.5, 0.6) is 11.5 Å². The molecular formula is C12H14Co2O2-2.